The van der Waals surface area contributed by atoms with Crippen molar-refractivity contribution in [2.75, 3.05) is 37.7 Å². The topological polar surface area (TPSA) is 40.6 Å². The third kappa shape index (κ3) is 3.86. The van der Waals surface area contributed by atoms with E-state index in [0.29, 0.717) is 17.5 Å². The Morgan fingerprint density at radius 2 is 1.86 bits per heavy atom. The number of hydrogen-bond donors (Lipinski definition) is 0. The molecule has 0 amide bonds. The van der Waals surface area contributed by atoms with Crippen molar-refractivity contribution in [2.24, 2.45) is 0 Å². The van der Waals surface area contributed by atoms with Gasteiger partial charge in [0.25, 0.3) is 0 Å². The lowest BCUT2D eigenvalue weighted by Gasteiger charge is -2.40. The lowest BCUT2D eigenvalue weighted by Crippen LogP contribution is -2.50. The summed E-state index contributed by atoms with van der Waals surface area (Å²) in [6, 6.07) is 2.78. The number of sulfone groups is 1. The molecule has 6 heteroatoms. The number of piperidine rings is 1. The van der Waals surface area contributed by atoms with Gasteiger partial charge in [-0.3, -0.25) is 9.80 Å². The Labute approximate surface area is 131 Å². The number of hydrogen-bond acceptors (Lipinski definition) is 5. The smallest absolute Gasteiger partial charge is 0.152 e. The van der Waals surface area contributed by atoms with E-state index in [1.807, 2.05) is 11.3 Å². The van der Waals surface area contributed by atoms with Crippen molar-refractivity contribution < 1.29 is 8.42 Å². The Balaban J connectivity index is 1.48. The largest absolute Gasteiger partial charge is 0.298 e. The van der Waals surface area contributed by atoms with Crippen LogP contribution in [0.5, 0.6) is 0 Å². The second-order valence-electron chi connectivity index (χ2n) is 6.22. The first kappa shape index (κ1) is 15.5. The minimum absolute atomic E-state index is 0.349. The average molecular weight is 329 g/mol. The van der Waals surface area contributed by atoms with Crippen LogP contribution in [0.1, 0.15) is 23.3 Å². The molecule has 0 atom stereocenters. The molecule has 1 aromatic rings. The molecular formula is C15H24N2O2S2. The van der Waals surface area contributed by atoms with E-state index < -0.39 is 9.84 Å². The van der Waals surface area contributed by atoms with Gasteiger partial charge >= 0.3 is 0 Å². The maximum atomic E-state index is 11.5. The lowest BCUT2D eigenvalue weighted by molar-refractivity contribution is 0.111. The van der Waals surface area contributed by atoms with Crippen molar-refractivity contribution in [3.05, 3.63) is 21.9 Å². The standard InChI is InChI=1S/C15H24N2O2S2/c1-13-4-9-20-15(13)12-16-5-2-14(3-6-16)17-7-10-21(18,19)11-8-17/h4,9,14H,2-3,5-8,10-12H2,1H3. The van der Waals surface area contributed by atoms with Crippen molar-refractivity contribution >= 4 is 21.2 Å². The summed E-state index contributed by atoms with van der Waals surface area (Å²) in [7, 11) is -2.75. The fraction of sp³-hybridized carbons (Fsp3) is 0.733. The Hall–Kier alpha value is -0.430. The van der Waals surface area contributed by atoms with Crippen LogP contribution in [0.15, 0.2) is 11.4 Å². The molecule has 0 N–H and O–H groups in total. The molecule has 21 heavy (non-hydrogen) atoms. The molecule has 3 rings (SSSR count). The summed E-state index contributed by atoms with van der Waals surface area (Å²) >= 11 is 1.85. The molecule has 2 saturated heterocycles. The highest BCUT2D eigenvalue weighted by Gasteiger charge is 2.29. The predicted octanol–water partition coefficient (Wildman–Crippen LogP) is 1.75. The van der Waals surface area contributed by atoms with Crippen molar-refractivity contribution in [3.63, 3.8) is 0 Å². The summed E-state index contributed by atoms with van der Waals surface area (Å²) < 4.78 is 23.0. The van der Waals surface area contributed by atoms with Crippen molar-refractivity contribution in [3.8, 4) is 0 Å². The molecule has 2 aliphatic heterocycles. The molecule has 0 aliphatic carbocycles. The van der Waals surface area contributed by atoms with Crippen LogP contribution in [-0.4, -0.2) is 61.9 Å². The second kappa shape index (κ2) is 6.36. The SMILES string of the molecule is Cc1ccsc1CN1CCC(N2CCS(=O)(=O)CC2)CC1. The van der Waals surface area contributed by atoms with E-state index in [1.165, 1.54) is 23.3 Å². The van der Waals surface area contributed by atoms with E-state index in [9.17, 15) is 8.42 Å². The highest BCUT2D eigenvalue weighted by molar-refractivity contribution is 7.91. The van der Waals surface area contributed by atoms with Gasteiger partial charge in [0.2, 0.25) is 0 Å². The van der Waals surface area contributed by atoms with E-state index in [-0.39, 0.29) is 0 Å². The highest BCUT2D eigenvalue weighted by Crippen LogP contribution is 2.23. The predicted molar refractivity (Wildman–Crippen MR) is 87.6 cm³/mol. The molecule has 2 aliphatic rings. The van der Waals surface area contributed by atoms with Gasteiger partial charge in [0.05, 0.1) is 11.5 Å². The first-order valence-electron chi connectivity index (χ1n) is 7.73. The van der Waals surface area contributed by atoms with Crippen LogP contribution < -0.4 is 0 Å². The Morgan fingerprint density at radius 1 is 1.19 bits per heavy atom. The van der Waals surface area contributed by atoms with E-state index in [4.69, 9.17) is 0 Å². The summed E-state index contributed by atoms with van der Waals surface area (Å²) in [6.07, 6.45) is 2.34. The molecule has 0 radical (unpaired) electrons. The zero-order valence-electron chi connectivity index (χ0n) is 12.6. The Bertz CT molecular complexity index is 560. The van der Waals surface area contributed by atoms with Gasteiger partial charge in [0.15, 0.2) is 9.84 Å². The monoisotopic (exact) mass is 328 g/mol. The van der Waals surface area contributed by atoms with Crippen molar-refractivity contribution in [1.82, 2.24) is 9.80 Å². The fourth-order valence-corrected chi connectivity index (χ4v) is 5.48. The summed E-state index contributed by atoms with van der Waals surface area (Å²) in [4.78, 5) is 6.42. The number of aryl methyl sites for hydroxylation is 1. The minimum Gasteiger partial charge on any atom is -0.298 e. The molecule has 0 unspecified atom stereocenters. The molecular weight excluding hydrogens is 304 g/mol. The first-order valence-corrected chi connectivity index (χ1v) is 10.4. The van der Waals surface area contributed by atoms with Gasteiger partial charge in [-0.2, -0.15) is 0 Å². The summed E-state index contributed by atoms with van der Waals surface area (Å²) in [5, 5.41) is 2.17. The maximum absolute atomic E-state index is 11.5. The van der Waals surface area contributed by atoms with Gasteiger partial charge in [-0.1, -0.05) is 0 Å². The van der Waals surface area contributed by atoms with Crippen LogP contribution in [0.4, 0.5) is 0 Å². The van der Waals surface area contributed by atoms with Crippen molar-refractivity contribution in [2.45, 2.75) is 32.4 Å². The molecule has 118 valence electrons. The Morgan fingerprint density at radius 3 is 2.43 bits per heavy atom. The molecule has 1 aromatic heterocycles. The lowest BCUT2D eigenvalue weighted by atomic mass is 10.0. The van der Waals surface area contributed by atoms with Crippen LogP contribution in [0.2, 0.25) is 0 Å². The fourth-order valence-electron chi connectivity index (χ4n) is 3.30. The van der Waals surface area contributed by atoms with Crippen LogP contribution in [-0.2, 0) is 16.4 Å². The number of likely N-dealkylation sites (tertiary alicyclic amines) is 1. The van der Waals surface area contributed by atoms with Gasteiger partial charge in [-0.05, 0) is 36.8 Å². The van der Waals surface area contributed by atoms with Crippen LogP contribution >= 0.6 is 11.3 Å². The zero-order chi connectivity index (χ0) is 14.9. The van der Waals surface area contributed by atoms with Crippen molar-refractivity contribution in [1.29, 1.82) is 0 Å². The van der Waals surface area contributed by atoms with Gasteiger partial charge in [0, 0.05) is 43.6 Å². The zero-order valence-corrected chi connectivity index (χ0v) is 14.3. The third-order valence-electron chi connectivity index (χ3n) is 4.79. The number of thiophene rings is 1. The molecule has 4 nitrogen and oxygen atoms in total. The summed E-state index contributed by atoms with van der Waals surface area (Å²) in [6.45, 7) is 6.99. The van der Waals surface area contributed by atoms with Crippen LogP contribution in [0.3, 0.4) is 0 Å². The van der Waals surface area contributed by atoms with Gasteiger partial charge < -0.3 is 0 Å². The van der Waals surface area contributed by atoms with E-state index in [0.717, 1.165) is 32.7 Å². The average Bonchev–Trinajstić information content (AvgIpc) is 2.85. The highest BCUT2D eigenvalue weighted by atomic mass is 32.2. The second-order valence-corrected chi connectivity index (χ2v) is 9.53. The first-order chi connectivity index (χ1) is 10.0. The quantitative estimate of drug-likeness (QED) is 0.848. The van der Waals surface area contributed by atoms with E-state index in [1.54, 1.807) is 0 Å². The number of rotatable bonds is 3. The number of nitrogens with zero attached hydrogens (tertiary/aromatic N) is 2. The minimum atomic E-state index is -2.75. The Kier molecular flexibility index (Phi) is 4.69. The molecule has 0 saturated carbocycles. The summed E-state index contributed by atoms with van der Waals surface area (Å²) in [5.41, 5.74) is 1.41. The molecule has 0 aromatic carbocycles. The molecule has 0 spiro atoms. The van der Waals surface area contributed by atoms with Gasteiger partial charge in [0.1, 0.15) is 0 Å². The van der Waals surface area contributed by atoms with Gasteiger partial charge in [-0.15, -0.1) is 11.3 Å². The van der Waals surface area contributed by atoms with Gasteiger partial charge in [-0.25, -0.2) is 8.42 Å². The molecule has 3 heterocycles. The molecule has 2 fully saturated rings. The van der Waals surface area contributed by atoms with Crippen LogP contribution in [0.25, 0.3) is 0 Å². The van der Waals surface area contributed by atoms with E-state index in [2.05, 4.69) is 28.2 Å². The molecule has 0 bridgehead atoms. The normalized spacial score (nSPS) is 25.2. The third-order valence-corrected chi connectivity index (χ3v) is 7.40. The van der Waals surface area contributed by atoms with E-state index >= 15 is 0 Å². The maximum Gasteiger partial charge on any atom is 0.152 e. The summed E-state index contributed by atoms with van der Waals surface area (Å²) in [5.74, 6) is 0.698. The van der Waals surface area contributed by atoms with Crippen LogP contribution in [0, 0.1) is 6.92 Å².